The molecule has 0 atom stereocenters. The minimum atomic E-state index is -4.62. The van der Waals surface area contributed by atoms with Crippen molar-refractivity contribution in [3.63, 3.8) is 0 Å². The Morgan fingerprint density at radius 2 is 2.00 bits per heavy atom. The Morgan fingerprint density at radius 1 is 1.26 bits per heavy atom. The van der Waals surface area contributed by atoms with Gasteiger partial charge in [-0.2, -0.15) is 0 Å². The number of hydrogen-bond donors (Lipinski definition) is 1. The van der Waals surface area contributed by atoms with Gasteiger partial charge in [-0.15, -0.1) is 13.2 Å². The van der Waals surface area contributed by atoms with Crippen LogP contribution in [0.5, 0.6) is 5.75 Å². The van der Waals surface area contributed by atoms with Crippen LogP contribution in [0.2, 0.25) is 0 Å². The third-order valence-electron chi connectivity index (χ3n) is 2.14. The van der Waals surface area contributed by atoms with E-state index in [2.05, 4.69) is 16.6 Å². The van der Waals surface area contributed by atoms with Gasteiger partial charge >= 0.3 is 6.36 Å². The van der Waals surface area contributed by atoms with E-state index in [1.807, 2.05) is 6.92 Å². The van der Waals surface area contributed by atoms with E-state index in [0.29, 0.717) is 5.75 Å². The molecular formula is C13H14F3NO2. The summed E-state index contributed by atoms with van der Waals surface area (Å²) in [6, 6.07) is 5.08. The zero-order valence-corrected chi connectivity index (χ0v) is 10.4. The zero-order valence-electron chi connectivity index (χ0n) is 10.4. The molecule has 3 nitrogen and oxygen atoms in total. The average molecular weight is 273 g/mol. The second-order valence-electron chi connectivity index (χ2n) is 3.63. The van der Waals surface area contributed by atoms with Crippen LogP contribution in [0.25, 0.3) is 0 Å². The highest BCUT2D eigenvalue weighted by atomic mass is 19.4. The van der Waals surface area contributed by atoms with Crippen molar-refractivity contribution >= 4 is 0 Å². The molecule has 0 saturated carbocycles. The van der Waals surface area contributed by atoms with Gasteiger partial charge in [-0.1, -0.05) is 11.8 Å². The first-order valence-electron chi connectivity index (χ1n) is 5.55. The van der Waals surface area contributed by atoms with Gasteiger partial charge in [0.2, 0.25) is 0 Å². The number of hydrogen-bond acceptors (Lipinski definition) is 3. The molecule has 0 aliphatic heterocycles. The van der Waals surface area contributed by atoms with E-state index in [9.17, 15) is 13.2 Å². The first-order chi connectivity index (χ1) is 8.92. The van der Waals surface area contributed by atoms with Gasteiger partial charge in [0.1, 0.15) is 12.4 Å². The van der Waals surface area contributed by atoms with Gasteiger partial charge < -0.3 is 10.5 Å². The summed E-state index contributed by atoms with van der Waals surface area (Å²) in [5.41, 5.74) is 6.95. The van der Waals surface area contributed by atoms with Gasteiger partial charge in [0.05, 0.1) is 13.2 Å². The standard InChI is InChI=1S/C13H14F3NO2/c1-10-9-12(5-4-11(10)3-2-6-17)18-7-8-19-13(14,15)16/h4-5,9H,6-8,17H2,1H3. The Morgan fingerprint density at radius 3 is 2.58 bits per heavy atom. The predicted octanol–water partition coefficient (Wildman–Crippen LogP) is 2.22. The van der Waals surface area contributed by atoms with Crippen LogP contribution in [-0.4, -0.2) is 26.1 Å². The first-order valence-corrected chi connectivity index (χ1v) is 5.55. The minimum absolute atomic E-state index is 0.174. The number of ether oxygens (including phenoxy) is 2. The lowest BCUT2D eigenvalue weighted by molar-refractivity contribution is -0.325. The quantitative estimate of drug-likeness (QED) is 0.676. The molecular weight excluding hydrogens is 259 g/mol. The van der Waals surface area contributed by atoms with Crippen molar-refractivity contribution in [1.82, 2.24) is 0 Å². The summed E-state index contributed by atoms with van der Waals surface area (Å²) in [7, 11) is 0. The summed E-state index contributed by atoms with van der Waals surface area (Å²) in [6.45, 7) is 1.39. The summed E-state index contributed by atoms with van der Waals surface area (Å²) in [5.74, 6) is 6.08. The molecule has 0 unspecified atom stereocenters. The van der Waals surface area contributed by atoms with E-state index in [4.69, 9.17) is 10.5 Å². The van der Waals surface area contributed by atoms with Gasteiger partial charge in [0.25, 0.3) is 0 Å². The Bertz CT molecular complexity index is 475. The van der Waals surface area contributed by atoms with Crippen LogP contribution >= 0.6 is 0 Å². The van der Waals surface area contributed by atoms with Gasteiger partial charge in [-0.3, -0.25) is 4.74 Å². The highest BCUT2D eigenvalue weighted by Crippen LogP contribution is 2.18. The topological polar surface area (TPSA) is 44.5 Å². The lowest BCUT2D eigenvalue weighted by atomic mass is 10.1. The third kappa shape index (κ3) is 6.13. The molecule has 0 aliphatic carbocycles. The van der Waals surface area contributed by atoms with Crippen LogP contribution in [0.3, 0.4) is 0 Å². The van der Waals surface area contributed by atoms with E-state index < -0.39 is 13.0 Å². The Kier molecular flexibility index (Phi) is 5.67. The molecule has 2 N–H and O–H groups in total. The van der Waals surface area contributed by atoms with E-state index in [1.165, 1.54) is 0 Å². The molecule has 0 spiro atoms. The Balaban J connectivity index is 2.50. The van der Waals surface area contributed by atoms with Crippen LogP contribution in [0.15, 0.2) is 18.2 Å². The van der Waals surface area contributed by atoms with Crippen molar-refractivity contribution in [2.45, 2.75) is 13.3 Å². The maximum absolute atomic E-state index is 11.7. The van der Waals surface area contributed by atoms with Crippen LogP contribution < -0.4 is 10.5 Å². The molecule has 0 heterocycles. The lowest BCUT2D eigenvalue weighted by Crippen LogP contribution is -2.18. The fraction of sp³-hybridized carbons (Fsp3) is 0.385. The van der Waals surface area contributed by atoms with Gasteiger partial charge in [0, 0.05) is 5.56 Å². The average Bonchev–Trinajstić information content (AvgIpc) is 2.32. The summed E-state index contributed by atoms with van der Waals surface area (Å²) >= 11 is 0. The molecule has 104 valence electrons. The molecule has 0 radical (unpaired) electrons. The monoisotopic (exact) mass is 273 g/mol. The number of nitrogens with two attached hydrogens (primary N) is 1. The summed E-state index contributed by atoms with van der Waals surface area (Å²) < 4.78 is 43.9. The summed E-state index contributed by atoms with van der Waals surface area (Å²) in [5, 5.41) is 0. The smallest absolute Gasteiger partial charge is 0.491 e. The molecule has 0 aromatic heterocycles. The molecule has 1 aromatic rings. The van der Waals surface area contributed by atoms with Crippen LogP contribution in [-0.2, 0) is 4.74 Å². The minimum Gasteiger partial charge on any atom is -0.491 e. The van der Waals surface area contributed by atoms with E-state index >= 15 is 0 Å². The molecule has 0 fully saturated rings. The number of rotatable bonds is 4. The second kappa shape index (κ2) is 7.02. The molecule has 19 heavy (non-hydrogen) atoms. The largest absolute Gasteiger partial charge is 0.522 e. The van der Waals surface area contributed by atoms with Crippen molar-refractivity contribution in [1.29, 1.82) is 0 Å². The molecule has 1 aromatic carbocycles. The number of benzene rings is 1. The summed E-state index contributed by atoms with van der Waals surface area (Å²) in [6.07, 6.45) is -4.62. The Labute approximate surface area is 109 Å². The van der Waals surface area contributed by atoms with Crippen LogP contribution in [0, 0.1) is 18.8 Å². The lowest BCUT2D eigenvalue weighted by Gasteiger charge is -2.09. The highest BCUT2D eigenvalue weighted by molar-refractivity contribution is 5.44. The molecule has 0 saturated heterocycles. The molecule has 0 amide bonds. The Hall–Kier alpha value is -1.71. The number of aryl methyl sites for hydroxylation is 1. The SMILES string of the molecule is Cc1cc(OCCOC(F)(F)F)ccc1C#CCN. The van der Waals surface area contributed by atoms with Gasteiger partial charge in [0.15, 0.2) is 0 Å². The zero-order chi connectivity index (χ0) is 14.3. The second-order valence-corrected chi connectivity index (χ2v) is 3.63. The van der Waals surface area contributed by atoms with Crippen molar-refractivity contribution < 1.29 is 22.6 Å². The first kappa shape index (κ1) is 15.3. The van der Waals surface area contributed by atoms with Crippen molar-refractivity contribution in [3.05, 3.63) is 29.3 Å². The summed E-state index contributed by atoms with van der Waals surface area (Å²) in [4.78, 5) is 0. The fourth-order valence-electron chi connectivity index (χ4n) is 1.33. The van der Waals surface area contributed by atoms with Crippen LogP contribution in [0.4, 0.5) is 13.2 Å². The highest BCUT2D eigenvalue weighted by Gasteiger charge is 2.28. The maximum atomic E-state index is 11.7. The molecule has 0 aliphatic rings. The number of alkyl halides is 3. The van der Waals surface area contributed by atoms with Crippen LogP contribution in [0.1, 0.15) is 11.1 Å². The van der Waals surface area contributed by atoms with Gasteiger partial charge in [-0.05, 0) is 30.7 Å². The molecule has 0 bridgehead atoms. The van der Waals surface area contributed by atoms with Gasteiger partial charge in [-0.25, -0.2) is 0 Å². The predicted molar refractivity (Wildman–Crippen MR) is 64.6 cm³/mol. The van der Waals surface area contributed by atoms with E-state index in [0.717, 1.165) is 11.1 Å². The normalized spacial score (nSPS) is 10.8. The van der Waals surface area contributed by atoms with Crippen molar-refractivity contribution in [2.75, 3.05) is 19.8 Å². The third-order valence-corrected chi connectivity index (χ3v) is 2.14. The van der Waals surface area contributed by atoms with Crippen molar-refractivity contribution in [3.8, 4) is 17.6 Å². The van der Waals surface area contributed by atoms with E-state index in [-0.39, 0.29) is 13.2 Å². The maximum Gasteiger partial charge on any atom is 0.522 e. The molecule has 1 rings (SSSR count). The van der Waals surface area contributed by atoms with Crippen molar-refractivity contribution in [2.24, 2.45) is 5.73 Å². The molecule has 6 heteroatoms. The van der Waals surface area contributed by atoms with E-state index in [1.54, 1.807) is 18.2 Å². The fourth-order valence-corrected chi connectivity index (χ4v) is 1.33. The number of halogens is 3.